The molecule has 4 heterocycles. The molecule has 1 aromatic carbocycles. The van der Waals surface area contributed by atoms with Crippen LogP contribution in [-0.4, -0.2) is 26.3 Å². The van der Waals surface area contributed by atoms with Crippen LogP contribution in [0.15, 0.2) is 85.5 Å². The van der Waals surface area contributed by atoms with Crippen molar-refractivity contribution in [2.45, 2.75) is 19.6 Å². The monoisotopic (exact) mass is 423 g/mol. The lowest BCUT2D eigenvalue weighted by Crippen LogP contribution is -2.30. The van der Waals surface area contributed by atoms with Crippen molar-refractivity contribution in [3.63, 3.8) is 0 Å². The summed E-state index contributed by atoms with van der Waals surface area (Å²) in [6, 6.07) is 18.8. The van der Waals surface area contributed by atoms with Crippen molar-refractivity contribution < 1.29 is 9.59 Å². The second-order valence-corrected chi connectivity index (χ2v) is 7.60. The molecule has 3 aromatic heterocycles. The lowest BCUT2D eigenvalue weighted by atomic mass is 10.1. The van der Waals surface area contributed by atoms with Gasteiger partial charge in [0.25, 0.3) is 11.8 Å². The summed E-state index contributed by atoms with van der Waals surface area (Å²) in [5.74, 6) is -0.285. The van der Waals surface area contributed by atoms with E-state index in [0.717, 1.165) is 22.5 Å². The summed E-state index contributed by atoms with van der Waals surface area (Å²) < 4.78 is 1.98. The zero-order chi connectivity index (χ0) is 21.9. The topological polar surface area (TPSA) is 80.1 Å². The number of fused-ring (bicyclic) bond motifs is 2. The van der Waals surface area contributed by atoms with E-state index >= 15 is 0 Å². The number of amides is 2. The first kappa shape index (κ1) is 19.7. The normalized spacial score (nSPS) is 12.4. The zero-order valence-corrected chi connectivity index (χ0v) is 17.3. The summed E-state index contributed by atoms with van der Waals surface area (Å²) >= 11 is 0. The van der Waals surface area contributed by atoms with Crippen LogP contribution in [0.1, 0.15) is 37.7 Å². The van der Waals surface area contributed by atoms with Gasteiger partial charge in [0.05, 0.1) is 18.7 Å². The maximum absolute atomic E-state index is 13.3. The molecule has 158 valence electrons. The molecule has 1 N–H and O–H groups in total. The Kier molecular flexibility index (Phi) is 5.21. The van der Waals surface area contributed by atoms with Crippen LogP contribution in [0, 0.1) is 0 Å². The number of pyridine rings is 2. The number of benzene rings is 1. The molecule has 1 aliphatic rings. The minimum atomic E-state index is -0.162. The SMILES string of the molecule is O=C(NCc1cccnc1)c1ccc2n1Cc1ccccc1N(C(=O)c1cccnc1)C2. The van der Waals surface area contributed by atoms with E-state index in [1.54, 1.807) is 41.8 Å². The maximum atomic E-state index is 13.3. The van der Waals surface area contributed by atoms with Crippen molar-refractivity contribution in [2.75, 3.05) is 4.90 Å². The molecule has 0 aliphatic carbocycles. The van der Waals surface area contributed by atoms with Crippen molar-refractivity contribution in [3.8, 4) is 0 Å². The fourth-order valence-corrected chi connectivity index (χ4v) is 3.96. The third-order valence-electron chi connectivity index (χ3n) is 5.56. The van der Waals surface area contributed by atoms with Gasteiger partial charge in [-0.1, -0.05) is 24.3 Å². The van der Waals surface area contributed by atoms with Gasteiger partial charge in [0.1, 0.15) is 5.69 Å². The summed E-state index contributed by atoms with van der Waals surface area (Å²) in [6.45, 7) is 1.26. The molecule has 0 radical (unpaired) electrons. The molecule has 7 heteroatoms. The standard InChI is InChI=1S/C25H21N5O2/c31-24(28-14-18-5-3-11-26-13-18)23-10-9-21-17-30(25(32)19-7-4-12-27-15-19)22-8-2-1-6-20(22)16-29(21)23/h1-13,15H,14,16-17H2,(H,28,31). The third kappa shape index (κ3) is 3.76. The third-order valence-corrected chi connectivity index (χ3v) is 5.56. The number of hydrogen-bond donors (Lipinski definition) is 1. The molecular formula is C25H21N5O2. The lowest BCUT2D eigenvalue weighted by molar-refractivity contribution is 0.0941. The molecule has 4 aromatic rings. The quantitative estimate of drug-likeness (QED) is 0.546. The number of carbonyl (C=O) groups excluding carboxylic acids is 2. The summed E-state index contributed by atoms with van der Waals surface area (Å²) in [6.07, 6.45) is 6.66. The van der Waals surface area contributed by atoms with Crippen molar-refractivity contribution in [1.29, 1.82) is 0 Å². The largest absolute Gasteiger partial charge is 0.347 e. The van der Waals surface area contributed by atoms with E-state index < -0.39 is 0 Å². The summed E-state index contributed by atoms with van der Waals surface area (Å²) in [4.78, 5) is 36.2. The van der Waals surface area contributed by atoms with Crippen molar-refractivity contribution >= 4 is 17.5 Å². The number of rotatable bonds is 4. The van der Waals surface area contributed by atoms with E-state index in [1.807, 2.05) is 53.1 Å². The predicted molar refractivity (Wildman–Crippen MR) is 120 cm³/mol. The van der Waals surface area contributed by atoms with E-state index in [2.05, 4.69) is 15.3 Å². The Morgan fingerprint density at radius 2 is 1.69 bits per heavy atom. The van der Waals surface area contributed by atoms with Crippen LogP contribution in [0.2, 0.25) is 0 Å². The fourth-order valence-electron chi connectivity index (χ4n) is 3.96. The molecule has 0 atom stereocenters. The zero-order valence-electron chi connectivity index (χ0n) is 17.3. The predicted octanol–water partition coefficient (Wildman–Crippen LogP) is 3.42. The van der Waals surface area contributed by atoms with E-state index in [0.29, 0.717) is 30.9 Å². The highest BCUT2D eigenvalue weighted by Gasteiger charge is 2.27. The van der Waals surface area contributed by atoms with Crippen LogP contribution < -0.4 is 10.2 Å². The maximum Gasteiger partial charge on any atom is 0.268 e. The molecule has 0 bridgehead atoms. The number of nitrogens with zero attached hydrogens (tertiary/aromatic N) is 4. The number of nitrogens with one attached hydrogen (secondary N) is 1. The number of anilines is 1. The second kappa shape index (κ2) is 8.47. The minimum Gasteiger partial charge on any atom is -0.347 e. The summed E-state index contributed by atoms with van der Waals surface area (Å²) in [5.41, 5.74) is 4.73. The Morgan fingerprint density at radius 3 is 2.47 bits per heavy atom. The summed E-state index contributed by atoms with van der Waals surface area (Å²) in [7, 11) is 0. The van der Waals surface area contributed by atoms with Crippen LogP contribution >= 0.6 is 0 Å². The molecule has 7 nitrogen and oxygen atoms in total. The second-order valence-electron chi connectivity index (χ2n) is 7.60. The smallest absolute Gasteiger partial charge is 0.268 e. The number of aromatic nitrogens is 3. The van der Waals surface area contributed by atoms with Gasteiger partial charge < -0.3 is 14.8 Å². The van der Waals surface area contributed by atoms with Crippen molar-refractivity contribution in [3.05, 3.63) is 114 Å². The van der Waals surface area contributed by atoms with Gasteiger partial charge in [-0.25, -0.2) is 0 Å². The average molecular weight is 423 g/mol. The van der Waals surface area contributed by atoms with Crippen LogP contribution in [0.3, 0.4) is 0 Å². The van der Waals surface area contributed by atoms with Crippen LogP contribution in [0.4, 0.5) is 5.69 Å². The highest BCUT2D eigenvalue weighted by molar-refractivity contribution is 6.06. The van der Waals surface area contributed by atoms with Gasteiger partial charge in [-0.15, -0.1) is 0 Å². The average Bonchev–Trinajstić information content (AvgIpc) is 3.16. The van der Waals surface area contributed by atoms with E-state index in [1.165, 1.54) is 0 Å². The Hall–Kier alpha value is -4.26. The highest BCUT2D eigenvalue weighted by Crippen LogP contribution is 2.30. The molecule has 0 spiro atoms. The van der Waals surface area contributed by atoms with E-state index in [-0.39, 0.29) is 11.8 Å². The van der Waals surface area contributed by atoms with Gasteiger partial charge >= 0.3 is 0 Å². The number of hydrogen-bond acceptors (Lipinski definition) is 4. The van der Waals surface area contributed by atoms with Gasteiger partial charge in [-0.2, -0.15) is 0 Å². The molecule has 1 aliphatic heterocycles. The first-order chi connectivity index (χ1) is 15.7. The summed E-state index contributed by atoms with van der Waals surface area (Å²) in [5, 5.41) is 2.97. The van der Waals surface area contributed by atoms with Crippen molar-refractivity contribution in [2.24, 2.45) is 0 Å². The van der Waals surface area contributed by atoms with Gasteiger partial charge in [-0.3, -0.25) is 19.6 Å². The van der Waals surface area contributed by atoms with Crippen LogP contribution in [0.5, 0.6) is 0 Å². The molecule has 2 amide bonds. The first-order valence-electron chi connectivity index (χ1n) is 10.4. The van der Waals surface area contributed by atoms with E-state index in [4.69, 9.17) is 0 Å². The molecule has 5 rings (SSSR count). The van der Waals surface area contributed by atoms with Gasteiger partial charge in [-0.05, 0) is 47.5 Å². The molecule has 0 unspecified atom stereocenters. The Bertz CT molecular complexity index is 1270. The highest BCUT2D eigenvalue weighted by atomic mass is 16.2. The Labute approximate surface area is 185 Å². The van der Waals surface area contributed by atoms with Crippen LogP contribution in [-0.2, 0) is 19.6 Å². The molecule has 0 saturated heterocycles. The molecule has 0 fully saturated rings. The van der Waals surface area contributed by atoms with Gasteiger partial charge in [0.2, 0.25) is 0 Å². The van der Waals surface area contributed by atoms with E-state index in [9.17, 15) is 9.59 Å². The first-order valence-corrected chi connectivity index (χ1v) is 10.4. The van der Waals surface area contributed by atoms with Gasteiger partial charge in [0, 0.05) is 42.7 Å². The molecule has 32 heavy (non-hydrogen) atoms. The van der Waals surface area contributed by atoms with Crippen LogP contribution in [0.25, 0.3) is 0 Å². The number of para-hydroxylation sites is 1. The minimum absolute atomic E-state index is 0.122. The molecule has 0 saturated carbocycles. The van der Waals surface area contributed by atoms with Gasteiger partial charge in [0.15, 0.2) is 0 Å². The Balaban J connectivity index is 1.46. The fraction of sp³-hybridized carbons (Fsp3) is 0.120. The Morgan fingerprint density at radius 1 is 0.875 bits per heavy atom. The van der Waals surface area contributed by atoms with Crippen molar-refractivity contribution in [1.82, 2.24) is 19.9 Å². The molecular weight excluding hydrogens is 402 g/mol. The lowest BCUT2D eigenvalue weighted by Gasteiger charge is -2.22. The number of carbonyl (C=O) groups is 2.